The van der Waals surface area contributed by atoms with Gasteiger partial charge in [0.2, 0.25) is 0 Å². The van der Waals surface area contributed by atoms with Gasteiger partial charge in [0.25, 0.3) is 0 Å². The van der Waals surface area contributed by atoms with Crippen molar-refractivity contribution in [1.82, 2.24) is 0 Å². The molecule has 0 saturated heterocycles. The van der Waals surface area contributed by atoms with Crippen molar-refractivity contribution in [1.29, 1.82) is 0 Å². The van der Waals surface area contributed by atoms with Crippen molar-refractivity contribution < 1.29 is 4.74 Å². The molecule has 36 valence electrons. The van der Waals surface area contributed by atoms with Crippen LogP contribution in [0.25, 0.3) is 0 Å². The van der Waals surface area contributed by atoms with E-state index in [4.69, 9.17) is 4.74 Å². The third-order valence-corrected chi connectivity index (χ3v) is 0.599. The molecule has 0 aliphatic rings. The number of halogens is 1. The van der Waals surface area contributed by atoms with Gasteiger partial charge in [-0.2, -0.15) is 0 Å². The van der Waals surface area contributed by atoms with E-state index in [9.17, 15) is 0 Å². The maximum absolute atomic E-state index is 4.89. The Balaban J connectivity index is 3.08. The molecule has 0 radical (unpaired) electrons. The Morgan fingerprint density at radius 2 is 2.57 bits per heavy atom. The number of rotatable bonds is 2. The molecule has 0 aromatic heterocycles. The van der Waals surface area contributed by atoms with Crippen LogP contribution in [0.15, 0.2) is 9.42 Å². The van der Waals surface area contributed by atoms with Crippen LogP contribution in [0.1, 0.15) is 6.92 Å². The first-order valence-electron chi connectivity index (χ1n) is 2.21. The zero-order chi connectivity index (χ0) is 5.70. The molecule has 0 heterocycles. The van der Waals surface area contributed by atoms with Gasteiger partial charge in [-0.25, -0.2) is 0 Å². The van der Waals surface area contributed by atoms with Gasteiger partial charge in [-0.1, -0.05) is 0 Å². The Morgan fingerprint density at radius 1 is 2.00 bits per heavy atom. The molecule has 0 atom stereocenters. The Kier molecular flexibility index (Phi) is 5.19. The zero-order valence-corrected chi connectivity index (χ0v) is 6.16. The average molecular weight is 157 g/mol. The molecule has 0 saturated carbocycles. The van der Waals surface area contributed by atoms with Crippen molar-refractivity contribution in [3.8, 4) is 0 Å². The van der Waals surface area contributed by atoms with Gasteiger partial charge in [0, 0.05) is 0 Å². The summed E-state index contributed by atoms with van der Waals surface area (Å²) in [6.45, 7) is 2.69. The SMILES string of the molecule is [Li][C](Br)=COCC. The van der Waals surface area contributed by atoms with Crippen LogP contribution in [0.2, 0.25) is 0 Å². The molecule has 1 nitrogen and oxygen atoms in total. The van der Waals surface area contributed by atoms with Gasteiger partial charge in [0.1, 0.15) is 0 Å². The first-order valence-corrected chi connectivity index (χ1v) is 3.00. The molecule has 0 fully saturated rings. The van der Waals surface area contributed by atoms with Crippen LogP contribution in [0.5, 0.6) is 0 Å². The predicted molar refractivity (Wildman–Crippen MR) is 34.4 cm³/mol. The third-order valence-electron chi connectivity index (χ3n) is 0.412. The molecular weight excluding hydrogens is 151 g/mol. The number of ether oxygens (including phenoxy) is 1. The molecule has 0 amide bonds. The normalized spacial score (nSPS) is 11.7. The van der Waals surface area contributed by atoms with Crippen LogP contribution in [0.3, 0.4) is 0 Å². The maximum atomic E-state index is 4.89. The van der Waals surface area contributed by atoms with Gasteiger partial charge in [-0.15, -0.1) is 0 Å². The Morgan fingerprint density at radius 3 is 2.71 bits per heavy atom. The van der Waals surface area contributed by atoms with Crippen molar-refractivity contribution in [2.75, 3.05) is 6.61 Å². The average Bonchev–Trinajstić information content (AvgIpc) is 1.61. The minimum atomic E-state index is 0.739. The second-order valence-electron chi connectivity index (χ2n) is 1.16. The monoisotopic (exact) mass is 156 g/mol. The van der Waals surface area contributed by atoms with E-state index in [0.29, 0.717) is 0 Å². The fourth-order valence-electron chi connectivity index (χ4n) is 0.198. The third kappa shape index (κ3) is 6.62. The Labute approximate surface area is 61.4 Å². The quantitative estimate of drug-likeness (QED) is 0.434. The summed E-state index contributed by atoms with van der Waals surface area (Å²) >= 11 is 5.14. The number of hydrogen-bond acceptors (Lipinski definition) is 1. The first-order chi connectivity index (χ1) is 3.27. The van der Waals surface area contributed by atoms with Crippen LogP contribution in [0.4, 0.5) is 0 Å². The molecule has 0 aliphatic carbocycles. The zero-order valence-electron chi connectivity index (χ0n) is 4.57. The fraction of sp³-hybridized carbons (Fsp3) is 0.500. The van der Waals surface area contributed by atoms with E-state index in [1.54, 1.807) is 6.26 Å². The molecule has 0 unspecified atom stereocenters. The van der Waals surface area contributed by atoms with Gasteiger partial charge in [-0.05, 0) is 0 Å². The van der Waals surface area contributed by atoms with E-state index >= 15 is 0 Å². The molecule has 0 aliphatic heterocycles. The van der Waals surface area contributed by atoms with Gasteiger partial charge in [0.15, 0.2) is 0 Å². The van der Waals surface area contributed by atoms with Crippen LogP contribution >= 0.6 is 15.9 Å². The van der Waals surface area contributed by atoms with E-state index in [2.05, 4.69) is 15.9 Å². The summed E-state index contributed by atoms with van der Waals surface area (Å²) < 4.78 is 5.91. The summed E-state index contributed by atoms with van der Waals surface area (Å²) in [5, 5.41) is 0. The molecule has 0 N–H and O–H groups in total. The van der Waals surface area contributed by atoms with Crippen LogP contribution in [0, 0.1) is 0 Å². The topological polar surface area (TPSA) is 9.23 Å². The summed E-state index contributed by atoms with van der Waals surface area (Å²) in [5.74, 6) is 0. The van der Waals surface area contributed by atoms with E-state index in [0.717, 1.165) is 9.76 Å². The summed E-state index contributed by atoms with van der Waals surface area (Å²) in [6.07, 6.45) is 1.68. The molecule has 3 heteroatoms. The van der Waals surface area contributed by atoms with Gasteiger partial charge in [0.05, 0.1) is 0 Å². The van der Waals surface area contributed by atoms with Gasteiger partial charge >= 0.3 is 61.3 Å². The van der Waals surface area contributed by atoms with Gasteiger partial charge in [-0.3, -0.25) is 0 Å². The van der Waals surface area contributed by atoms with Crippen molar-refractivity contribution in [3.05, 3.63) is 9.42 Å². The summed E-state index contributed by atoms with van der Waals surface area (Å²) in [6, 6.07) is 0. The molecule has 0 bridgehead atoms. The van der Waals surface area contributed by atoms with E-state index in [1.807, 2.05) is 24.6 Å². The summed E-state index contributed by atoms with van der Waals surface area (Å²) in [7, 11) is 0. The van der Waals surface area contributed by atoms with Crippen molar-refractivity contribution in [2.45, 2.75) is 6.92 Å². The van der Waals surface area contributed by atoms with Crippen LogP contribution in [-0.4, -0.2) is 24.3 Å². The second-order valence-corrected chi connectivity index (χ2v) is 2.41. The summed E-state index contributed by atoms with van der Waals surface area (Å²) in [5.41, 5.74) is 0. The van der Waals surface area contributed by atoms with Crippen molar-refractivity contribution in [3.63, 3.8) is 0 Å². The van der Waals surface area contributed by atoms with Crippen LogP contribution in [-0.2, 0) is 4.74 Å². The molecule has 7 heavy (non-hydrogen) atoms. The first kappa shape index (κ1) is 7.62. The molecule has 0 aromatic carbocycles. The Bertz CT molecular complexity index is 68.1. The molecule has 0 rings (SSSR count). The molecule has 0 spiro atoms. The van der Waals surface area contributed by atoms with Gasteiger partial charge < -0.3 is 0 Å². The molecule has 0 aromatic rings. The van der Waals surface area contributed by atoms with Crippen LogP contribution < -0.4 is 0 Å². The van der Waals surface area contributed by atoms with Crippen molar-refractivity contribution >= 4 is 33.6 Å². The standard InChI is InChI=1S/C4H6BrO.Li/c1-2-6-4-3-5;/h4H,2H2,1H3;. The predicted octanol–water partition coefficient (Wildman–Crippen LogP) is 1.39. The number of hydrogen-bond donors (Lipinski definition) is 0. The second kappa shape index (κ2) is 4.77. The summed E-state index contributed by atoms with van der Waals surface area (Å²) in [4.78, 5) is 0. The fourth-order valence-corrected chi connectivity index (χ4v) is 0.330. The van der Waals surface area contributed by atoms with E-state index in [-0.39, 0.29) is 0 Å². The molecular formula is C4H6BrLiO. The van der Waals surface area contributed by atoms with E-state index in [1.165, 1.54) is 0 Å². The minimum absolute atomic E-state index is 0.739. The van der Waals surface area contributed by atoms with Crippen molar-refractivity contribution in [2.24, 2.45) is 0 Å². The van der Waals surface area contributed by atoms with E-state index < -0.39 is 0 Å². The Hall–Kier alpha value is 0.617.